The van der Waals surface area contributed by atoms with Gasteiger partial charge in [0, 0.05) is 5.92 Å². The Morgan fingerprint density at radius 2 is 1.74 bits per heavy atom. The van der Waals surface area contributed by atoms with Crippen LogP contribution in [0.5, 0.6) is 0 Å². The lowest BCUT2D eigenvalue weighted by molar-refractivity contribution is -0.360. The van der Waals surface area contributed by atoms with Crippen molar-refractivity contribution >= 4 is 0 Å². The molecule has 8 atom stereocenters. The average Bonchev–Trinajstić information content (AvgIpc) is 2.71. The monoisotopic (exact) mass is 320 g/mol. The smallest absolute Gasteiger partial charge is 0.121 e. The quantitative estimate of drug-likeness (QED) is 0.801. The van der Waals surface area contributed by atoms with Gasteiger partial charge in [-0.2, -0.15) is 0 Å². The lowest BCUT2D eigenvalue weighted by Crippen LogP contribution is -2.75. The van der Waals surface area contributed by atoms with Gasteiger partial charge in [0.1, 0.15) is 11.2 Å². The first-order chi connectivity index (χ1) is 10.6. The van der Waals surface area contributed by atoms with Crippen LogP contribution < -0.4 is 0 Å². The highest BCUT2D eigenvalue weighted by molar-refractivity contribution is 5.31. The maximum Gasteiger partial charge on any atom is 0.121 e. The molecule has 3 aliphatic heterocycles. The summed E-state index contributed by atoms with van der Waals surface area (Å²) in [4.78, 5) is 0. The van der Waals surface area contributed by atoms with E-state index >= 15 is 0 Å². The fraction of sp³-hybridized carbons (Fsp3) is 1.00. The lowest BCUT2D eigenvalue weighted by atomic mass is 9.51. The first-order valence-corrected chi connectivity index (χ1v) is 9.70. The van der Waals surface area contributed by atoms with Gasteiger partial charge in [-0.1, -0.05) is 20.8 Å². The molecule has 23 heavy (non-hydrogen) atoms. The normalized spacial score (nSPS) is 66.1. The highest BCUT2D eigenvalue weighted by atomic mass is 16.7. The summed E-state index contributed by atoms with van der Waals surface area (Å²) in [7, 11) is 0. The summed E-state index contributed by atoms with van der Waals surface area (Å²) in [6.45, 7) is 11.4. The molecule has 3 heterocycles. The molecule has 2 bridgehead atoms. The van der Waals surface area contributed by atoms with Crippen molar-refractivity contribution < 1.29 is 14.6 Å². The Bertz CT molecular complexity index is 575. The van der Waals surface area contributed by atoms with E-state index in [2.05, 4.69) is 34.6 Å². The first-order valence-electron chi connectivity index (χ1n) is 9.70. The lowest BCUT2D eigenvalue weighted by Gasteiger charge is -2.64. The van der Waals surface area contributed by atoms with Gasteiger partial charge in [-0.25, -0.2) is 0 Å². The van der Waals surface area contributed by atoms with Gasteiger partial charge in [0.15, 0.2) is 0 Å². The molecule has 2 saturated carbocycles. The molecular weight excluding hydrogens is 288 g/mol. The fourth-order valence-electron chi connectivity index (χ4n) is 7.64. The van der Waals surface area contributed by atoms with Crippen LogP contribution in [0.25, 0.3) is 0 Å². The Balaban J connectivity index is 1.61. The summed E-state index contributed by atoms with van der Waals surface area (Å²) in [5.74, 6) is 1.15. The maximum absolute atomic E-state index is 11.5. The van der Waals surface area contributed by atoms with Crippen LogP contribution >= 0.6 is 0 Å². The van der Waals surface area contributed by atoms with Crippen molar-refractivity contribution in [3.8, 4) is 0 Å². The Labute approximate surface area is 140 Å². The van der Waals surface area contributed by atoms with Crippen molar-refractivity contribution in [3.05, 3.63) is 0 Å². The van der Waals surface area contributed by atoms with Crippen LogP contribution in [0.3, 0.4) is 0 Å². The molecule has 0 amide bonds. The fourth-order valence-corrected chi connectivity index (χ4v) is 7.64. The van der Waals surface area contributed by atoms with Crippen LogP contribution in [0.15, 0.2) is 0 Å². The van der Waals surface area contributed by atoms with Gasteiger partial charge < -0.3 is 14.6 Å². The Morgan fingerprint density at radius 1 is 1.00 bits per heavy atom. The van der Waals surface area contributed by atoms with Crippen LogP contribution in [0.2, 0.25) is 0 Å². The van der Waals surface area contributed by atoms with Gasteiger partial charge in [0.25, 0.3) is 0 Å². The van der Waals surface area contributed by atoms with Gasteiger partial charge >= 0.3 is 0 Å². The Hall–Kier alpha value is -0.120. The number of aliphatic hydroxyl groups is 1. The number of hydrogen-bond donors (Lipinski definition) is 1. The van der Waals surface area contributed by atoms with Gasteiger partial charge in [-0.3, -0.25) is 0 Å². The summed E-state index contributed by atoms with van der Waals surface area (Å²) in [6, 6.07) is 0. The zero-order valence-corrected chi connectivity index (χ0v) is 15.3. The third kappa shape index (κ3) is 1.39. The van der Waals surface area contributed by atoms with E-state index in [0.717, 1.165) is 38.5 Å². The van der Waals surface area contributed by atoms with Gasteiger partial charge in [0.05, 0.1) is 17.3 Å². The molecular formula is C20H32O3. The van der Waals surface area contributed by atoms with E-state index in [-0.39, 0.29) is 28.3 Å². The summed E-state index contributed by atoms with van der Waals surface area (Å²) in [6.07, 6.45) is 6.80. The van der Waals surface area contributed by atoms with Crippen molar-refractivity contribution in [1.29, 1.82) is 0 Å². The van der Waals surface area contributed by atoms with E-state index in [0.29, 0.717) is 17.8 Å². The Kier molecular flexibility index (Phi) is 2.53. The number of ether oxygens (including phenoxy) is 2. The topological polar surface area (TPSA) is 38.7 Å². The molecule has 0 radical (unpaired) electrons. The largest absolute Gasteiger partial charge is 0.389 e. The highest BCUT2D eigenvalue weighted by Crippen LogP contribution is 2.75. The third-order valence-corrected chi connectivity index (χ3v) is 9.17. The minimum atomic E-state index is -0.531. The van der Waals surface area contributed by atoms with E-state index in [9.17, 15) is 5.11 Å². The molecule has 2 aliphatic carbocycles. The highest BCUT2D eigenvalue weighted by Gasteiger charge is 2.83. The molecule has 3 saturated heterocycles. The maximum atomic E-state index is 11.5. The van der Waals surface area contributed by atoms with Crippen LogP contribution in [-0.4, -0.2) is 33.6 Å². The predicted molar refractivity (Wildman–Crippen MR) is 88.1 cm³/mol. The summed E-state index contributed by atoms with van der Waals surface area (Å²) in [5, 5.41) is 11.5. The molecule has 5 rings (SSSR count). The van der Waals surface area contributed by atoms with E-state index in [1.54, 1.807) is 0 Å². The van der Waals surface area contributed by atoms with Crippen LogP contribution in [0.1, 0.15) is 73.1 Å². The van der Waals surface area contributed by atoms with Gasteiger partial charge in [0.2, 0.25) is 0 Å². The minimum Gasteiger partial charge on any atom is -0.389 e. The Morgan fingerprint density at radius 3 is 2.43 bits per heavy atom. The van der Waals surface area contributed by atoms with Crippen molar-refractivity contribution in [1.82, 2.24) is 0 Å². The van der Waals surface area contributed by atoms with E-state index in [1.807, 2.05) is 0 Å². The molecule has 130 valence electrons. The second-order valence-corrected chi connectivity index (χ2v) is 10.4. The first kappa shape index (κ1) is 15.2. The third-order valence-electron chi connectivity index (χ3n) is 9.17. The zero-order chi connectivity index (χ0) is 16.5. The summed E-state index contributed by atoms with van der Waals surface area (Å²) in [5.41, 5.74) is -0.568. The van der Waals surface area contributed by atoms with E-state index < -0.39 is 5.60 Å². The van der Waals surface area contributed by atoms with Crippen molar-refractivity contribution in [2.75, 3.05) is 0 Å². The van der Waals surface area contributed by atoms with Crippen molar-refractivity contribution in [3.63, 3.8) is 0 Å². The molecule has 0 unspecified atom stereocenters. The molecule has 1 spiro atoms. The predicted octanol–water partition coefficient (Wildman–Crippen LogP) is 3.68. The molecule has 1 N–H and O–H groups in total. The van der Waals surface area contributed by atoms with Crippen molar-refractivity contribution in [2.45, 2.75) is 102 Å². The van der Waals surface area contributed by atoms with E-state index in [1.165, 1.54) is 0 Å². The number of rotatable bonds is 1. The van der Waals surface area contributed by atoms with Gasteiger partial charge in [-0.15, -0.1) is 0 Å². The molecule has 5 fully saturated rings. The second-order valence-electron chi connectivity index (χ2n) is 10.4. The molecule has 0 aromatic carbocycles. The van der Waals surface area contributed by atoms with E-state index in [4.69, 9.17) is 9.47 Å². The minimum absolute atomic E-state index is 0.0196. The molecule has 0 aromatic heterocycles. The molecule has 3 nitrogen and oxygen atoms in total. The zero-order valence-electron chi connectivity index (χ0n) is 15.3. The molecule has 3 heteroatoms. The van der Waals surface area contributed by atoms with Crippen LogP contribution in [-0.2, 0) is 9.47 Å². The molecule has 0 aromatic rings. The number of hydrogen-bond acceptors (Lipinski definition) is 3. The van der Waals surface area contributed by atoms with Crippen LogP contribution in [0.4, 0.5) is 0 Å². The molecule has 5 aliphatic rings. The van der Waals surface area contributed by atoms with Crippen molar-refractivity contribution in [2.24, 2.45) is 23.2 Å². The SMILES string of the molecule is CC(C)[C@@]1(O)CC[C@@]2(C)C[C@H]3[C@@]4(C)CC[C@H]5O[C@]3(C[C@@H]21)[C@@]5(C)O4. The summed E-state index contributed by atoms with van der Waals surface area (Å²) >= 11 is 0. The van der Waals surface area contributed by atoms with Crippen LogP contribution in [0, 0.1) is 23.2 Å². The second kappa shape index (κ2) is 3.83. The van der Waals surface area contributed by atoms with Gasteiger partial charge in [-0.05, 0) is 69.6 Å². The standard InChI is InChI=1S/C20H32O3/c1-12(2)19(21)9-8-16(3)10-14-17(4)7-6-15-18(5,23-17)20(14,22-15)11-13(16)19/h12-15,21H,6-11H2,1-5H3/t13-,14-,15+,16-,17+,18-,19-,20-/m0/s1. The number of fused-ring (bicyclic) bond motifs is 3. The average molecular weight is 320 g/mol. The summed E-state index contributed by atoms with van der Waals surface area (Å²) < 4.78 is 13.3.